The third-order valence-corrected chi connectivity index (χ3v) is 5.90. The van der Waals surface area contributed by atoms with Gasteiger partial charge in [-0.05, 0) is 49.2 Å². The fourth-order valence-corrected chi connectivity index (χ4v) is 4.29. The first kappa shape index (κ1) is 22.0. The van der Waals surface area contributed by atoms with Gasteiger partial charge in [0.05, 0.1) is 12.1 Å². The normalized spacial score (nSPS) is 16.2. The standard InChI is InChI=1S/C26H31N5O/c1-30(2)18-20-9-11-21(12-10-20)24-8-4-3-6-22(24)16-29-26(32)23-7-5-15-31(19-23)25-17-27-13-14-28-25/h3-4,6,8-14,17,23H,5,7,15-16,18-19H2,1-2H3,(H,29,32)/t23-/m1/s1. The lowest BCUT2D eigenvalue weighted by atomic mass is 9.96. The molecular formula is C26H31N5O. The largest absolute Gasteiger partial charge is 0.355 e. The van der Waals surface area contributed by atoms with Crippen LogP contribution in [0.4, 0.5) is 5.82 Å². The number of anilines is 1. The minimum Gasteiger partial charge on any atom is -0.355 e. The molecular weight excluding hydrogens is 398 g/mol. The summed E-state index contributed by atoms with van der Waals surface area (Å²) in [6, 6.07) is 17.0. The summed E-state index contributed by atoms with van der Waals surface area (Å²) in [6.45, 7) is 3.04. The SMILES string of the molecule is CN(C)Cc1ccc(-c2ccccc2CNC(=O)[C@@H]2CCCN(c3cnccn3)C2)cc1. The Labute approximate surface area is 190 Å². The highest BCUT2D eigenvalue weighted by Crippen LogP contribution is 2.25. The van der Waals surface area contributed by atoms with E-state index in [-0.39, 0.29) is 11.8 Å². The molecule has 0 aliphatic carbocycles. The van der Waals surface area contributed by atoms with E-state index in [1.165, 1.54) is 11.1 Å². The molecule has 0 spiro atoms. The molecule has 1 fully saturated rings. The maximum absolute atomic E-state index is 13.0. The Kier molecular flexibility index (Phi) is 7.12. The number of benzene rings is 2. The van der Waals surface area contributed by atoms with Crippen LogP contribution < -0.4 is 10.2 Å². The van der Waals surface area contributed by atoms with Crippen molar-refractivity contribution < 1.29 is 4.79 Å². The van der Waals surface area contributed by atoms with Crippen LogP contribution in [0.2, 0.25) is 0 Å². The van der Waals surface area contributed by atoms with E-state index >= 15 is 0 Å². The Hall–Kier alpha value is -3.25. The first-order valence-electron chi connectivity index (χ1n) is 11.2. The highest BCUT2D eigenvalue weighted by atomic mass is 16.1. The summed E-state index contributed by atoms with van der Waals surface area (Å²) >= 11 is 0. The van der Waals surface area contributed by atoms with Crippen molar-refractivity contribution in [1.29, 1.82) is 0 Å². The summed E-state index contributed by atoms with van der Waals surface area (Å²) in [5.74, 6) is 0.908. The van der Waals surface area contributed by atoms with Crippen molar-refractivity contribution >= 4 is 11.7 Å². The Bertz CT molecular complexity index is 1020. The van der Waals surface area contributed by atoms with Crippen LogP contribution in [0.3, 0.4) is 0 Å². The number of amides is 1. The van der Waals surface area contributed by atoms with Crippen LogP contribution in [-0.4, -0.2) is 48.0 Å². The Morgan fingerprint density at radius 3 is 2.69 bits per heavy atom. The van der Waals surface area contributed by atoms with Gasteiger partial charge in [0.1, 0.15) is 5.82 Å². The number of hydrogen-bond acceptors (Lipinski definition) is 5. The van der Waals surface area contributed by atoms with E-state index in [1.54, 1.807) is 18.6 Å². The monoisotopic (exact) mass is 429 g/mol. The van der Waals surface area contributed by atoms with Gasteiger partial charge in [0, 0.05) is 38.6 Å². The predicted molar refractivity (Wildman–Crippen MR) is 128 cm³/mol. The molecule has 3 aromatic rings. The second-order valence-corrected chi connectivity index (χ2v) is 8.66. The zero-order chi connectivity index (χ0) is 22.3. The second-order valence-electron chi connectivity index (χ2n) is 8.66. The lowest BCUT2D eigenvalue weighted by Gasteiger charge is -2.32. The van der Waals surface area contributed by atoms with Crippen molar-refractivity contribution in [2.24, 2.45) is 5.92 Å². The van der Waals surface area contributed by atoms with Crippen LogP contribution in [0.1, 0.15) is 24.0 Å². The van der Waals surface area contributed by atoms with E-state index in [0.717, 1.165) is 42.9 Å². The molecule has 0 radical (unpaired) electrons. The topological polar surface area (TPSA) is 61.4 Å². The smallest absolute Gasteiger partial charge is 0.225 e. The van der Waals surface area contributed by atoms with E-state index in [9.17, 15) is 4.79 Å². The summed E-state index contributed by atoms with van der Waals surface area (Å²) < 4.78 is 0. The van der Waals surface area contributed by atoms with Gasteiger partial charge >= 0.3 is 0 Å². The van der Waals surface area contributed by atoms with Crippen molar-refractivity contribution in [3.8, 4) is 11.1 Å². The number of piperidine rings is 1. The molecule has 0 saturated carbocycles. The number of rotatable bonds is 7. The van der Waals surface area contributed by atoms with Gasteiger partial charge in [-0.25, -0.2) is 4.98 Å². The summed E-state index contributed by atoms with van der Waals surface area (Å²) in [7, 11) is 4.15. The van der Waals surface area contributed by atoms with Crippen LogP contribution in [0.15, 0.2) is 67.1 Å². The first-order valence-corrected chi connectivity index (χ1v) is 11.2. The molecule has 32 heavy (non-hydrogen) atoms. The number of nitrogens with zero attached hydrogens (tertiary/aromatic N) is 4. The first-order chi connectivity index (χ1) is 15.6. The molecule has 6 heteroatoms. The number of hydrogen-bond donors (Lipinski definition) is 1. The van der Waals surface area contributed by atoms with Gasteiger partial charge in [-0.3, -0.25) is 9.78 Å². The second kappa shape index (κ2) is 10.4. The molecule has 1 atom stereocenters. The lowest BCUT2D eigenvalue weighted by Crippen LogP contribution is -2.43. The van der Waals surface area contributed by atoms with Crippen LogP contribution in [0.25, 0.3) is 11.1 Å². The zero-order valence-electron chi connectivity index (χ0n) is 18.9. The number of aromatic nitrogens is 2. The van der Waals surface area contributed by atoms with E-state index in [2.05, 4.69) is 75.6 Å². The van der Waals surface area contributed by atoms with Gasteiger partial charge in [0.15, 0.2) is 0 Å². The van der Waals surface area contributed by atoms with Crippen LogP contribution in [-0.2, 0) is 17.9 Å². The average molecular weight is 430 g/mol. The summed E-state index contributed by atoms with van der Waals surface area (Å²) in [4.78, 5) is 25.8. The summed E-state index contributed by atoms with van der Waals surface area (Å²) in [6.07, 6.45) is 7.01. The molecule has 1 aromatic heterocycles. The quantitative estimate of drug-likeness (QED) is 0.620. The third-order valence-electron chi connectivity index (χ3n) is 5.90. The molecule has 6 nitrogen and oxygen atoms in total. The van der Waals surface area contributed by atoms with Crippen molar-refractivity contribution in [2.75, 3.05) is 32.1 Å². The molecule has 4 rings (SSSR count). The molecule has 1 amide bonds. The minimum atomic E-state index is -0.0387. The fraction of sp³-hybridized carbons (Fsp3) is 0.346. The van der Waals surface area contributed by atoms with E-state index < -0.39 is 0 Å². The Morgan fingerprint density at radius 1 is 1.12 bits per heavy atom. The highest BCUT2D eigenvalue weighted by Gasteiger charge is 2.26. The Balaban J connectivity index is 1.40. The van der Waals surface area contributed by atoms with Gasteiger partial charge in [-0.1, -0.05) is 48.5 Å². The lowest BCUT2D eigenvalue weighted by molar-refractivity contribution is -0.125. The molecule has 2 heterocycles. The Morgan fingerprint density at radius 2 is 1.94 bits per heavy atom. The molecule has 2 aromatic carbocycles. The number of carbonyl (C=O) groups excluding carboxylic acids is 1. The molecule has 1 aliphatic rings. The van der Waals surface area contributed by atoms with Crippen molar-refractivity contribution in [3.05, 3.63) is 78.2 Å². The maximum Gasteiger partial charge on any atom is 0.225 e. The van der Waals surface area contributed by atoms with E-state index in [1.807, 2.05) is 12.1 Å². The fourth-order valence-electron chi connectivity index (χ4n) is 4.29. The van der Waals surface area contributed by atoms with Gasteiger partial charge in [0.25, 0.3) is 0 Å². The van der Waals surface area contributed by atoms with Crippen molar-refractivity contribution in [2.45, 2.75) is 25.9 Å². The van der Waals surface area contributed by atoms with E-state index in [4.69, 9.17) is 0 Å². The molecule has 1 aliphatic heterocycles. The molecule has 166 valence electrons. The van der Waals surface area contributed by atoms with Crippen molar-refractivity contribution in [1.82, 2.24) is 20.2 Å². The average Bonchev–Trinajstić information content (AvgIpc) is 2.83. The maximum atomic E-state index is 13.0. The number of nitrogens with one attached hydrogen (secondary N) is 1. The van der Waals surface area contributed by atoms with Gasteiger partial charge in [0.2, 0.25) is 5.91 Å². The van der Waals surface area contributed by atoms with Crippen LogP contribution >= 0.6 is 0 Å². The minimum absolute atomic E-state index is 0.0387. The summed E-state index contributed by atoms with van der Waals surface area (Å²) in [5.41, 5.74) is 4.75. The molecule has 1 N–H and O–H groups in total. The molecule has 1 saturated heterocycles. The van der Waals surface area contributed by atoms with Gasteiger partial charge in [-0.2, -0.15) is 0 Å². The highest BCUT2D eigenvalue weighted by molar-refractivity contribution is 5.80. The third kappa shape index (κ3) is 5.51. The van der Waals surface area contributed by atoms with Gasteiger partial charge in [-0.15, -0.1) is 0 Å². The summed E-state index contributed by atoms with van der Waals surface area (Å²) in [5, 5.41) is 3.18. The molecule has 0 unspecified atom stereocenters. The van der Waals surface area contributed by atoms with Crippen molar-refractivity contribution in [3.63, 3.8) is 0 Å². The predicted octanol–water partition coefficient (Wildman–Crippen LogP) is 3.74. The van der Waals surface area contributed by atoms with Gasteiger partial charge < -0.3 is 15.1 Å². The number of carbonyl (C=O) groups is 1. The van der Waals surface area contributed by atoms with Crippen LogP contribution in [0.5, 0.6) is 0 Å². The van der Waals surface area contributed by atoms with E-state index in [0.29, 0.717) is 13.1 Å². The van der Waals surface area contributed by atoms with Crippen LogP contribution in [0, 0.1) is 5.92 Å². The zero-order valence-corrected chi connectivity index (χ0v) is 18.9. The molecule has 0 bridgehead atoms.